The van der Waals surface area contributed by atoms with E-state index in [0.29, 0.717) is 33.7 Å². The summed E-state index contributed by atoms with van der Waals surface area (Å²) >= 11 is 0. The third kappa shape index (κ3) is 2.78. The number of aromatic hydroxyl groups is 2. The Bertz CT molecular complexity index is 1100. The molecule has 0 bridgehead atoms. The van der Waals surface area contributed by atoms with Crippen LogP contribution < -0.4 is 5.73 Å². The number of nitrogen functional groups attached to an aromatic ring is 1. The zero-order valence-corrected chi connectivity index (χ0v) is 13.0. The SMILES string of the molecule is Nc1ncc2nc(-c3cccc(O)c3)c(-c3cccc(O)c3)nc2n1. The van der Waals surface area contributed by atoms with Gasteiger partial charge in [-0.05, 0) is 24.3 Å². The number of nitrogens with zero attached hydrogens (tertiary/aromatic N) is 4. The van der Waals surface area contributed by atoms with Gasteiger partial charge in [-0.25, -0.2) is 15.0 Å². The zero-order valence-electron chi connectivity index (χ0n) is 13.0. The first-order valence-corrected chi connectivity index (χ1v) is 7.49. The van der Waals surface area contributed by atoms with Crippen LogP contribution in [0, 0.1) is 0 Å². The fourth-order valence-electron chi connectivity index (χ4n) is 2.58. The minimum atomic E-state index is 0.105. The Kier molecular flexibility index (Phi) is 3.39. The van der Waals surface area contributed by atoms with E-state index in [9.17, 15) is 10.2 Å². The highest BCUT2D eigenvalue weighted by atomic mass is 16.3. The van der Waals surface area contributed by atoms with E-state index in [1.165, 1.54) is 6.20 Å². The maximum atomic E-state index is 9.80. The number of phenolic OH excluding ortho intramolecular Hbond substituents is 2. The molecule has 0 atom stereocenters. The molecule has 4 aromatic rings. The topological polar surface area (TPSA) is 118 Å². The van der Waals surface area contributed by atoms with E-state index >= 15 is 0 Å². The van der Waals surface area contributed by atoms with Gasteiger partial charge in [0.15, 0.2) is 5.65 Å². The lowest BCUT2D eigenvalue weighted by molar-refractivity contribution is 0.475. The van der Waals surface area contributed by atoms with E-state index in [1.807, 2.05) is 12.1 Å². The van der Waals surface area contributed by atoms with Crippen LogP contribution in [0.15, 0.2) is 54.7 Å². The van der Waals surface area contributed by atoms with Crippen molar-refractivity contribution < 1.29 is 10.2 Å². The van der Waals surface area contributed by atoms with Crippen molar-refractivity contribution in [1.82, 2.24) is 19.9 Å². The third-order valence-corrected chi connectivity index (χ3v) is 3.68. The van der Waals surface area contributed by atoms with Gasteiger partial charge in [0.25, 0.3) is 0 Å². The Balaban J connectivity index is 2.05. The number of aromatic nitrogens is 4. The molecule has 0 aliphatic rings. The van der Waals surface area contributed by atoms with Gasteiger partial charge in [-0.3, -0.25) is 0 Å². The van der Waals surface area contributed by atoms with Crippen LogP contribution in [0.25, 0.3) is 33.7 Å². The summed E-state index contributed by atoms with van der Waals surface area (Å²) in [6.07, 6.45) is 1.50. The van der Waals surface area contributed by atoms with Gasteiger partial charge in [-0.15, -0.1) is 0 Å². The summed E-state index contributed by atoms with van der Waals surface area (Å²) in [6, 6.07) is 13.4. The van der Waals surface area contributed by atoms with Crippen LogP contribution in [0.3, 0.4) is 0 Å². The van der Waals surface area contributed by atoms with Crippen molar-refractivity contribution in [2.24, 2.45) is 0 Å². The maximum absolute atomic E-state index is 9.80. The Morgan fingerprint density at radius 2 is 1.36 bits per heavy atom. The monoisotopic (exact) mass is 331 g/mol. The second-order valence-corrected chi connectivity index (χ2v) is 5.46. The average molecular weight is 331 g/mol. The number of hydrogen-bond donors (Lipinski definition) is 3. The van der Waals surface area contributed by atoms with Crippen LogP contribution in [0.2, 0.25) is 0 Å². The highest BCUT2D eigenvalue weighted by Crippen LogP contribution is 2.33. The van der Waals surface area contributed by atoms with Gasteiger partial charge in [0.05, 0.1) is 17.6 Å². The minimum Gasteiger partial charge on any atom is -0.508 e. The van der Waals surface area contributed by atoms with E-state index < -0.39 is 0 Å². The lowest BCUT2D eigenvalue weighted by atomic mass is 10.0. The smallest absolute Gasteiger partial charge is 0.222 e. The second-order valence-electron chi connectivity index (χ2n) is 5.46. The quantitative estimate of drug-likeness (QED) is 0.517. The molecule has 0 amide bonds. The van der Waals surface area contributed by atoms with Crippen molar-refractivity contribution in [3.8, 4) is 34.0 Å². The Labute approximate surface area is 142 Å². The molecule has 7 nitrogen and oxygen atoms in total. The van der Waals surface area contributed by atoms with Crippen LogP contribution in [0.5, 0.6) is 11.5 Å². The maximum Gasteiger partial charge on any atom is 0.222 e. The predicted octanol–water partition coefficient (Wildman–Crippen LogP) is 2.75. The van der Waals surface area contributed by atoms with Gasteiger partial charge in [0, 0.05) is 11.1 Å². The summed E-state index contributed by atoms with van der Waals surface area (Å²) < 4.78 is 0. The normalized spacial score (nSPS) is 10.9. The second kappa shape index (κ2) is 5.72. The molecular formula is C18H13N5O2. The van der Waals surface area contributed by atoms with Gasteiger partial charge in [-0.1, -0.05) is 24.3 Å². The van der Waals surface area contributed by atoms with Gasteiger partial charge in [0.2, 0.25) is 5.95 Å². The van der Waals surface area contributed by atoms with E-state index in [2.05, 4.69) is 19.9 Å². The fourth-order valence-corrected chi connectivity index (χ4v) is 2.58. The number of fused-ring (bicyclic) bond motifs is 1. The Morgan fingerprint density at radius 1 is 0.760 bits per heavy atom. The molecule has 2 heterocycles. The van der Waals surface area contributed by atoms with E-state index in [1.54, 1.807) is 36.4 Å². The zero-order chi connectivity index (χ0) is 17.4. The largest absolute Gasteiger partial charge is 0.508 e. The van der Waals surface area contributed by atoms with E-state index in [-0.39, 0.29) is 17.4 Å². The van der Waals surface area contributed by atoms with Crippen molar-refractivity contribution in [1.29, 1.82) is 0 Å². The summed E-state index contributed by atoms with van der Waals surface area (Å²) in [5.74, 6) is 0.340. The summed E-state index contributed by atoms with van der Waals surface area (Å²) in [5.41, 5.74) is 8.90. The van der Waals surface area contributed by atoms with Crippen LogP contribution in [-0.4, -0.2) is 30.1 Å². The molecule has 2 aromatic carbocycles. The first-order chi connectivity index (χ1) is 12.1. The molecule has 0 saturated carbocycles. The average Bonchev–Trinajstić information content (AvgIpc) is 2.60. The summed E-state index contributed by atoms with van der Waals surface area (Å²) in [7, 11) is 0. The van der Waals surface area contributed by atoms with Crippen LogP contribution in [0.4, 0.5) is 5.95 Å². The molecule has 0 spiro atoms. The van der Waals surface area contributed by atoms with Crippen molar-refractivity contribution >= 4 is 17.1 Å². The van der Waals surface area contributed by atoms with Crippen LogP contribution in [0.1, 0.15) is 0 Å². The molecule has 4 N–H and O–H groups in total. The molecule has 0 fully saturated rings. The number of hydrogen-bond acceptors (Lipinski definition) is 7. The summed E-state index contributed by atoms with van der Waals surface area (Å²) in [5, 5.41) is 19.6. The molecule has 25 heavy (non-hydrogen) atoms. The molecular weight excluding hydrogens is 318 g/mol. The third-order valence-electron chi connectivity index (χ3n) is 3.68. The number of rotatable bonds is 2. The summed E-state index contributed by atoms with van der Waals surface area (Å²) in [4.78, 5) is 17.2. The van der Waals surface area contributed by atoms with Crippen LogP contribution >= 0.6 is 0 Å². The first kappa shape index (κ1) is 14.8. The van der Waals surface area contributed by atoms with Crippen LogP contribution in [-0.2, 0) is 0 Å². The molecule has 4 rings (SSSR count). The molecule has 122 valence electrons. The van der Waals surface area contributed by atoms with Crippen molar-refractivity contribution in [3.63, 3.8) is 0 Å². The highest BCUT2D eigenvalue weighted by molar-refractivity contribution is 5.85. The van der Waals surface area contributed by atoms with Crippen molar-refractivity contribution in [2.45, 2.75) is 0 Å². The molecule has 0 unspecified atom stereocenters. The predicted molar refractivity (Wildman–Crippen MR) is 93.7 cm³/mol. The molecule has 0 saturated heterocycles. The molecule has 2 aromatic heterocycles. The molecule has 0 radical (unpaired) electrons. The van der Waals surface area contributed by atoms with Crippen molar-refractivity contribution in [2.75, 3.05) is 5.73 Å². The molecule has 0 aliphatic heterocycles. The van der Waals surface area contributed by atoms with Gasteiger partial charge in [-0.2, -0.15) is 4.98 Å². The highest BCUT2D eigenvalue weighted by Gasteiger charge is 2.15. The van der Waals surface area contributed by atoms with E-state index in [0.717, 1.165) is 0 Å². The molecule has 0 aliphatic carbocycles. The Morgan fingerprint density at radius 3 is 1.96 bits per heavy atom. The fraction of sp³-hybridized carbons (Fsp3) is 0. The standard InChI is InChI=1S/C18H13N5O2/c19-18-20-9-14-17(23-18)22-16(11-4-2-6-13(25)8-11)15(21-14)10-3-1-5-12(24)7-10/h1-9,24-25H,(H2,19,20,22,23). The van der Waals surface area contributed by atoms with Gasteiger partial charge >= 0.3 is 0 Å². The lowest BCUT2D eigenvalue weighted by Crippen LogP contribution is -2.00. The number of nitrogens with two attached hydrogens (primary N) is 1. The van der Waals surface area contributed by atoms with Gasteiger partial charge < -0.3 is 15.9 Å². The van der Waals surface area contributed by atoms with E-state index in [4.69, 9.17) is 5.73 Å². The number of anilines is 1. The first-order valence-electron chi connectivity index (χ1n) is 7.49. The molecule has 7 heteroatoms. The minimum absolute atomic E-state index is 0.105. The number of phenols is 2. The van der Waals surface area contributed by atoms with Gasteiger partial charge in [0.1, 0.15) is 17.0 Å². The Hall–Kier alpha value is -3.74. The lowest BCUT2D eigenvalue weighted by Gasteiger charge is -2.10. The van der Waals surface area contributed by atoms with Crippen molar-refractivity contribution in [3.05, 3.63) is 54.7 Å². The number of benzene rings is 2. The summed E-state index contributed by atoms with van der Waals surface area (Å²) in [6.45, 7) is 0.